The van der Waals surface area contributed by atoms with Gasteiger partial charge in [0.05, 0.1) is 11.1 Å². The van der Waals surface area contributed by atoms with Crippen molar-refractivity contribution in [3.63, 3.8) is 0 Å². The maximum atomic E-state index is 11.0. The van der Waals surface area contributed by atoms with Crippen LogP contribution in [0.4, 0.5) is 0 Å². The molecule has 0 N–H and O–H groups in total. The first-order chi connectivity index (χ1) is 22.1. The molecule has 0 radical (unpaired) electrons. The Kier molecular flexibility index (Phi) is 5.66. The van der Waals surface area contributed by atoms with Crippen LogP contribution in [0.2, 0.25) is 0 Å². The quantitative estimate of drug-likeness (QED) is 0.209. The minimum absolute atomic E-state index is 0.0676. The smallest absolute Gasteiger partial charge is 0.100 e. The Bertz CT molecular complexity index is 2070. The number of aromatic nitrogens is 1. The van der Waals surface area contributed by atoms with Crippen molar-refractivity contribution in [2.45, 2.75) is 49.5 Å². The molecule has 4 bridgehead atoms. The second kappa shape index (κ2) is 9.69. The molecule has 6 aromatic rings. The van der Waals surface area contributed by atoms with Gasteiger partial charge in [-0.2, -0.15) is 10.5 Å². The minimum Gasteiger partial charge on any atom is -0.334 e. The van der Waals surface area contributed by atoms with Gasteiger partial charge in [0.15, 0.2) is 0 Å². The molecule has 0 spiro atoms. The standard InChI is InChI=1S/C42H33N3/c43-25-36-34(30-11-3-1-4-12-30)20-35(31-13-5-2-6-14-31)37(26-44)40(36)41-21-28-19-29(22-41)24-42(23-28,27-41)45-38-17-9-7-15-32(38)33-16-8-10-18-39(33)45/h1-18,20,28-29H,19,21-24,27H2. The van der Waals surface area contributed by atoms with Gasteiger partial charge in [0.1, 0.15) is 12.1 Å². The highest BCUT2D eigenvalue weighted by Crippen LogP contribution is 2.67. The summed E-state index contributed by atoms with van der Waals surface area (Å²) in [6, 6.07) is 45.8. The lowest BCUT2D eigenvalue weighted by Gasteiger charge is -2.63. The van der Waals surface area contributed by atoms with Crippen LogP contribution in [-0.4, -0.2) is 4.57 Å². The van der Waals surface area contributed by atoms with Gasteiger partial charge in [-0.15, -0.1) is 0 Å². The number of fused-ring (bicyclic) bond motifs is 3. The summed E-state index contributed by atoms with van der Waals surface area (Å²) in [7, 11) is 0. The van der Waals surface area contributed by atoms with E-state index in [1.165, 1.54) is 28.2 Å². The third-order valence-electron chi connectivity index (χ3n) is 11.3. The van der Waals surface area contributed by atoms with E-state index in [-0.39, 0.29) is 11.0 Å². The van der Waals surface area contributed by atoms with Gasteiger partial charge in [-0.3, -0.25) is 0 Å². The Balaban J connectivity index is 1.34. The van der Waals surface area contributed by atoms with Crippen LogP contribution in [0.3, 0.4) is 0 Å². The Morgan fingerprint density at radius 3 is 1.53 bits per heavy atom. The molecule has 4 saturated carbocycles. The van der Waals surface area contributed by atoms with Gasteiger partial charge in [-0.05, 0) is 85.3 Å². The number of nitrogens with zero attached hydrogens (tertiary/aromatic N) is 3. The fourth-order valence-corrected chi connectivity index (χ4v) is 10.3. The number of hydrogen-bond donors (Lipinski definition) is 0. The van der Waals surface area contributed by atoms with Crippen molar-refractivity contribution in [3.05, 3.63) is 132 Å². The van der Waals surface area contributed by atoms with Gasteiger partial charge in [0.25, 0.3) is 0 Å². The molecule has 0 aliphatic heterocycles. The van der Waals surface area contributed by atoms with E-state index < -0.39 is 0 Å². The third-order valence-corrected chi connectivity index (χ3v) is 11.3. The summed E-state index contributed by atoms with van der Waals surface area (Å²) in [6.45, 7) is 0. The van der Waals surface area contributed by atoms with E-state index >= 15 is 0 Å². The van der Waals surface area contributed by atoms with Crippen LogP contribution in [0.1, 0.15) is 55.2 Å². The van der Waals surface area contributed by atoms with Crippen molar-refractivity contribution in [1.82, 2.24) is 4.57 Å². The molecule has 2 unspecified atom stereocenters. The van der Waals surface area contributed by atoms with Crippen LogP contribution in [0.5, 0.6) is 0 Å². The highest BCUT2D eigenvalue weighted by atomic mass is 15.1. The van der Waals surface area contributed by atoms with Crippen LogP contribution >= 0.6 is 0 Å². The second-order valence-electron chi connectivity index (χ2n) is 13.9. The van der Waals surface area contributed by atoms with E-state index in [2.05, 4.69) is 95.6 Å². The molecule has 0 saturated heterocycles. The first-order valence-electron chi connectivity index (χ1n) is 16.2. The van der Waals surface area contributed by atoms with Gasteiger partial charge < -0.3 is 4.57 Å². The van der Waals surface area contributed by atoms with Gasteiger partial charge in [-0.1, -0.05) is 97.1 Å². The Hall–Kier alpha value is -5.12. The van der Waals surface area contributed by atoms with Crippen molar-refractivity contribution in [3.8, 4) is 34.4 Å². The van der Waals surface area contributed by atoms with E-state index in [1.807, 2.05) is 36.4 Å². The summed E-state index contributed by atoms with van der Waals surface area (Å²) in [5.74, 6) is 1.12. The molecule has 45 heavy (non-hydrogen) atoms. The number of rotatable bonds is 4. The molecule has 3 heteroatoms. The average Bonchev–Trinajstić information content (AvgIpc) is 3.43. The first-order valence-corrected chi connectivity index (χ1v) is 16.2. The largest absolute Gasteiger partial charge is 0.334 e. The van der Waals surface area contributed by atoms with Crippen LogP contribution < -0.4 is 0 Å². The van der Waals surface area contributed by atoms with Crippen LogP contribution in [0.15, 0.2) is 115 Å². The molecule has 3 nitrogen and oxygen atoms in total. The van der Waals surface area contributed by atoms with Gasteiger partial charge in [0, 0.05) is 43.9 Å². The molecular weight excluding hydrogens is 546 g/mol. The summed E-state index contributed by atoms with van der Waals surface area (Å²) in [5.41, 5.74) is 8.61. The lowest BCUT2D eigenvalue weighted by molar-refractivity contribution is -0.0589. The van der Waals surface area contributed by atoms with E-state index in [9.17, 15) is 10.5 Å². The van der Waals surface area contributed by atoms with E-state index in [1.54, 1.807) is 0 Å². The van der Waals surface area contributed by atoms with Gasteiger partial charge in [0.2, 0.25) is 0 Å². The zero-order valence-electron chi connectivity index (χ0n) is 25.2. The predicted molar refractivity (Wildman–Crippen MR) is 181 cm³/mol. The average molecular weight is 580 g/mol. The Morgan fingerprint density at radius 2 is 1.04 bits per heavy atom. The number of hydrogen-bond acceptors (Lipinski definition) is 2. The molecule has 4 aliphatic carbocycles. The third kappa shape index (κ3) is 3.74. The summed E-state index contributed by atoms with van der Waals surface area (Å²) < 4.78 is 2.70. The number of para-hydroxylation sites is 2. The molecule has 5 aromatic carbocycles. The Labute approximate surface area is 264 Å². The molecular formula is C42H33N3. The molecule has 4 aliphatic rings. The van der Waals surface area contributed by atoms with Gasteiger partial charge in [-0.25, -0.2) is 0 Å². The van der Waals surface area contributed by atoms with Crippen molar-refractivity contribution in [1.29, 1.82) is 10.5 Å². The zero-order chi connectivity index (χ0) is 30.2. The van der Waals surface area contributed by atoms with Crippen molar-refractivity contribution < 1.29 is 0 Å². The molecule has 1 heterocycles. The number of nitriles is 2. The summed E-state index contributed by atoms with van der Waals surface area (Å²) >= 11 is 0. The van der Waals surface area contributed by atoms with Crippen LogP contribution in [-0.2, 0) is 11.0 Å². The maximum Gasteiger partial charge on any atom is 0.100 e. The summed E-state index contributed by atoms with van der Waals surface area (Å²) in [5, 5.41) is 24.6. The molecule has 1 aromatic heterocycles. The molecule has 2 atom stereocenters. The predicted octanol–water partition coefficient (Wildman–Crippen LogP) is 10.1. The lowest BCUT2D eigenvalue weighted by atomic mass is 9.44. The minimum atomic E-state index is -0.249. The van der Waals surface area contributed by atoms with E-state index in [4.69, 9.17) is 0 Å². The molecule has 4 fully saturated rings. The summed E-state index contributed by atoms with van der Waals surface area (Å²) in [4.78, 5) is 0. The molecule has 216 valence electrons. The zero-order valence-corrected chi connectivity index (χ0v) is 25.2. The fourth-order valence-electron chi connectivity index (χ4n) is 10.3. The SMILES string of the molecule is N#Cc1c(-c2ccccc2)cc(-c2ccccc2)c(C#N)c1C12CC3CC(C1)CC(n1c4ccccc4c4ccccc41)(C3)C2. The van der Waals surface area contributed by atoms with Crippen molar-refractivity contribution >= 4 is 21.8 Å². The Morgan fingerprint density at radius 1 is 0.578 bits per heavy atom. The van der Waals surface area contributed by atoms with Gasteiger partial charge >= 0.3 is 0 Å². The van der Waals surface area contributed by atoms with E-state index in [0.29, 0.717) is 23.0 Å². The highest BCUT2D eigenvalue weighted by molar-refractivity contribution is 6.08. The first kappa shape index (κ1) is 26.3. The van der Waals surface area contributed by atoms with Crippen molar-refractivity contribution in [2.24, 2.45) is 11.8 Å². The van der Waals surface area contributed by atoms with Crippen LogP contribution in [0.25, 0.3) is 44.1 Å². The topological polar surface area (TPSA) is 52.5 Å². The molecule has 0 amide bonds. The van der Waals surface area contributed by atoms with Crippen molar-refractivity contribution in [2.75, 3.05) is 0 Å². The highest BCUT2D eigenvalue weighted by Gasteiger charge is 2.60. The van der Waals surface area contributed by atoms with E-state index in [0.717, 1.165) is 59.9 Å². The fraction of sp³-hybridized carbons (Fsp3) is 0.238. The summed E-state index contributed by atoms with van der Waals surface area (Å²) in [6.07, 6.45) is 6.58. The normalized spacial score (nSPS) is 24.9. The molecule has 10 rings (SSSR count). The number of benzene rings is 5. The maximum absolute atomic E-state index is 11.0. The second-order valence-corrected chi connectivity index (χ2v) is 13.9. The lowest BCUT2D eigenvalue weighted by Crippen LogP contribution is -2.58. The van der Waals surface area contributed by atoms with Crippen LogP contribution in [0, 0.1) is 34.5 Å². The monoisotopic (exact) mass is 579 g/mol.